The Morgan fingerprint density at radius 1 is 1.06 bits per heavy atom. The number of likely N-dealkylation sites (tertiary alicyclic amines) is 1. The number of aromatic nitrogens is 5. The molecule has 0 radical (unpaired) electrons. The van der Waals surface area contributed by atoms with Crippen LogP contribution < -0.4 is 11.4 Å². The quantitative estimate of drug-likeness (QED) is 0.536. The number of hydrogen-bond donors (Lipinski definition) is 1. The van der Waals surface area contributed by atoms with E-state index in [1.54, 1.807) is 4.68 Å². The van der Waals surface area contributed by atoms with Gasteiger partial charge in [-0.25, -0.2) is 18.9 Å². The summed E-state index contributed by atoms with van der Waals surface area (Å²) in [5.74, 6) is 0.140. The van der Waals surface area contributed by atoms with Crippen molar-refractivity contribution in [1.82, 2.24) is 29.0 Å². The Morgan fingerprint density at radius 3 is 2.44 bits per heavy atom. The minimum Gasteiger partial charge on any atom is -0.369 e. The molecule has 8 heteroatoms. The van der Waals surface area contributed by atoms with E-state index in [1.807, 2.05) is 56.3 Å². The zero-order chi connectivity index (χ0) is 22.4. The second-order valence-electron chi connectivity index (χ2n) is 8.60. The number of benzene rings is 1. The number of anilines is 1. The molecule has 164 valence electrons. The van der Waals surface area contributed by atoms with E-state index in [-0.39, 0.29) is 17.7 Å². The lowest BCUT2D eigenvalue weighted by Crippen LogP contribution is -2.34. The molecule has 1 atom stereocenters. The van der Waals surface area contributed by atoms with Gasteiger partial charge in [0.05, 0.1) is 17.8 Å². The van der Waals surface area contributed by atoms with Crippen molar-refractivity contribution in [3.8, 4) is 22.4 Å². The van der Waals surface area contributed by atoms with Gasteiger partial charge in [-0.2, -0.15) is 0 Å². The van der Waals surface area contributed by atoms with Gasteiger partial charge in [-0.05, 0) is 58.0 Å². The van der Waals surface area contributed by atoms with Crippen molar-refractivity contribution in [2.75, 3.05) is 19.3 Å². The number of fused-ring (bicyclic) bond motifs is 1. The van der Waals surface area contributed by atoms with Crippen LogP contribution in [0.4, 0.5) is 5.95 Å². The van der Waals surface area contributed by atoms with Crippen molar-refractivity contribution in [2.24, 2.45) is 0 Å². The standard InChI is InChI=1S/C24H27N7O/c1-15-12-18(13-16(2)26-15)20-21(17-8-5-4-6-9-17)27-23(25)31-22(20)28-30(24(31)32)14-19-10-7-11-29(19)3/h4-6,8-9,12-13,19H,7,10-11,14H2,1-3H3,(H2,25,27)/t19-/m1/s1. The molecule has 1 aliphatic rings. The van der Waals surface area contributed by atoms with E-state index in [0.717, 1.165) is 47.5 Å². The highest BCUT2D eigenvalue weighted by Gasteiger charge is 2.26. The van der Waals surface area contributed by atoms with Crippen LogP contribution in [0.5, 0.6) is 0 Å². The van der Waals surface area contributed by atoms with Crippen molar-refractivity contribution in [3.05, 3.63) is 64.3 Å². The fourth-order valence-corrected chi connectivity index (χ4v) is 4.68. The lowest BCUT2D eigenvalue weighted by atomic mass is 9.99. The van der Waals surface area contributed by atoms with Crippen molar-refractivity contribution in [2.45, 2.75) is 39.3 Å². The van der Waals surface area contributed by atoms with E-state index < -0.39 is 0 Å². The molecule has 8 nitrogen and oxygen atoms in total. The van der Waals surface area contributed by atoms with E-state index in [4.69, 9.17) is 10.8 Å². The molecule has 1 aliphatic heterocycles. The molecular weight excluding hydrogens is 402 g/mol. The van der Waals surface area contributed by atoms with E-state index in [0.29, 0.717) is 17.9 Å². The number of likely N-dealkylation sites (N-methyl/N-ethyl adjacent to an activating group) is 1. The maximum Gasteiger partial charge on any atom is 0.353 e. The first-order valence-corrected chi connectivity index (χ1v) is 10.9. The Morgan fingerprint density at radius 2 is 1.78 bits per heavy atom. The van der Waals surface area contributed by atoms with E-state index in [2.05, 4.69) is 21.9 Å². The van der Waals surface area contributed by atoms with Crippen molar-refractivity contribution >= 4 is 11.6 Å². The molecule has 2 N–H and O–H groups in total. The van der Waals surface area contributed by atoms with Crippen LogP contribution in [0.25, 0.3) is 28.0 Å². The first-order valence-electron chi connectivity index (χ1n) is 10.9. The number of nitrogens with zero attached hydrogens (tertiary/aromatic N) is 6. The van der Waals surface area contributed by atoms with Crippen LogP contribution in [0, 0.1) is 13.8 Å². The molecule has 0 unspecified atom stereocenters. The molecule has 1 aromatic carbocycles. The average Bonchev–Trinajstić information content (AvgIpc) is 3.31. The SMILES string of the molecule is Cc1cc(-c2c(-c3ccccc3)nc(N)n3c(=O)n(C[C@H]4CCCN4C)nc23)cc(C)n1. The maximum atomic E-state index is 13.3. The van der Waals surface area contributed by atoms with Gasteiger partial charge in [-0.3, -0.25) is 4.98 Å². The van der Waals surface area contributed by atoms with E-state index in [1.165, 1.54) is 4.40 Å². The smallest absolute Gasteiger partial charge is 0.353 e. The lowest BCUT2D eigenvalue weighted by molar-refractivity contribution is 0.272. The van der Waals surface area contributed by atoms with Gasteiger partial charge in [0.25, 0.3) is 0 Å². The number of nitrogen functional groups attached to an aromatic ring is 1. The number of rotatable bonds is 4. The fraction of sp³-hybridized carbons (Fsp3) is 0.333. The zero-order valence-electron chi connectivity index (χ0n) is 18.6. The Hall–Kier alpha value is -3.52. The minimum absolute atomic E-state index is 0.140. The highest BCUT2D eigenvalue weighted by Crippen LogP contribution is 2.34. The molecule has 32 heavy (non-hydrogen) atoms. The summed E-state index contributed by atoms with van der Waals surface area (Å²) in [7, 11) is 2.09. The fourth-order valence-electron chi connectivity index (χ4n) is 4.68. The maximum absolute atomic E-state index is 13.3. The van der Waals surface area contributed by atoms with Gasteiger partial charge in [-0.1, -0.05) is 30.3 Å². The van der Waals surface area contributed by atoms with Gasteiger partial charge in [-0.15, -0.1) is 5.10 Å². The third-order valence-electron chi connectivity index (χ3n) is 6.23. The summed E-state index contributed by atoms with van der Waals surface area (Å²) < 4.78 is 2.97. The summed E-state index contributed by atoms with van der Waals surface area (Å²) in [6, 6.07) is 14.2. The van der Waals surface area contributed by atoms with Crippen LogP contribution in [-0.4, -0.2) is 48.7 Å². The van der Waals surface area contributed by atoms with Crippen LogP contribution in [0.2, 0.25) is 0 Å². The molecule has 1 saturated heterocycles. The molecular formula is C24H27N7O. The molecule has 1 fully saturated rings. The van der Waals surface area contributed by atoms with Crippen LogP contribution in [-0.2, 0) is 6.54 Å². The summed E-state index contributed by atoms with van der Waals surface area (Å²) in [5, 5.41) is 4.79. The lowest BCUT2D eigenvalue weighted by Gasteiger charge is -2.18. The normalized spacial score (nSPS) is 16.8. The molecule has 5 rings (SSSR count). The van der Waals surface area contributed by atoms with Crippen LogP contribution >= 0.6 is 0 Å². The number of nitrogens with two attached hydrogens (primary N) is 1. The molecule has 0 spiro atoms. The second-order valence-corrected chi connectivity index (χ2v) is 8.60. The van der Waals surface area contributed by atoms with Crippen molar-refractivity contribution in [1.29, 1.82) is 0 Å². The topological polar surface area (TPSA) is 94.3 Å². The average molecular weight is 430 g/mol. The largest absolute Gasteiger partial charge is 0.369 e. The van der Waals surface area contributed by atoms with Crippen molar-refractivity contribution in [3.63, 3.8) is 0 Å². The minimum atomic E-state index is -0.256. The Balaban J connectivity index is 1.80. The van der Waals surface area contributed by atoms with Crippen LogP contribution in [0.15, 0.2) is 47.3 Å². The van der Waals surface area contributed by atoms with Gasteiger partial charge < -0.3 is 10.6 Å². The summed E-state index contributed by atoms with van der Waals surface area (Å²) in [6.45, 7) is 5.49. The van der Waals surface area contributed by atoms with E-state index >= 15 is 0 Å². The van der Waals surface area contributed by atoms with Crippen LogP contribution in [0.3, 0.4) is 0 Å². The van der Waals surface area contributed by atoms with Gasteiger partial charge in [0.2, 0.25) is 5.95 Å². The van der Waals surface area contributed by atoms with Gasteiger partial charge >= 0.3 is 5.69 Å². The molecule has 4 heterocycles. The summed E-state index contributed by atoms with van der Waals surface area (Å²) in [4.78, 5) is 24.8. The molecule has 0 aliphatic carbocycles. The summed E-state index contributed by atoms with van der Waals surface area (Å²) in [5.41, 5.74) is 11.7. The monoisotopic (exact) mass is 429 g/mol. The molecule has 4 aromatic rings. The predicted octanol–water partition coefficient (Wildman–Crippen LogP) is 2.91. The van der Waals surface area contributed by atoms with Gasteiger partial charge in [0, 0.05) is 23.0 Å². The second kappa shape index (κ2) is 7.87. The van der Waals surface area contributed by atoms with Gasteiger partial charge in [0.1, 0.15) is 0 Å². The third kappa shape index (κ3) is 3.46. The predicted molar refractivity (Wildman–Crippen MR) is 125 cm³/mol. The third-order valence-corrected chi connectivity index (χ3v) is 6.23. The summed E-state index contributed by atoms with van der Waals surface area (Å²) >= 11 is 0. The highest BCUT2D eigenvalue weighted by molar-refractivity contribution is 5.90. The molecule has 0 bridgehead atoms. The van der Waals surface area contributed by atoms with Crippen LogP contribution in [0.1, 0.15) is 24.2 Å². The number of pyridine rings is 1. The Bertz CT molecular complexity index is 1340. The molecule has 3 aromatic heterocycles. The van der Waals surface area contributed by atoms with Gasteiger partial charge in [0.15, 0.2) is 5.65 Å². The molecule has 0 amide bonds. The van der Waals surface area contributed by atoms with E-state index in [9.17, 15) is 4.79 Å². The first-order chi connectivity index (χ1) is 15.4. The number of hydrogen-bond acceptors (Lipinski definition) is 6. The zero-order valence-corrected chi connectivity index (χ0v) is 18.6. The summed E-state index contributed by atoms with van der Waals surface area (Å²) in [6.07, 6.45) is 2.18. The first kappa shape index (κ1) is 20.4. The Kier molecular flexibility index (Phi) is 5.01. The molecule has 0 saturated carbocycles. The Labute approximate surface area is 186 Å². The number of aryl methyl sites for hydroxylation is 2. The van der Waals surface area contributed by atoms with Crippen molar-refractivity contribution < 1.29 is 0 Å². The highest BCUT2D eigenvalue weighted by atomic mass is 16.2.